The third-order valence-corrected chi connectivity index (χ3v) is 5.11. The Morgan fingerprint density at radius 3 is 2.32 bits per heavy atom. The van der Waals surface area contributed by atoms with Crippen LogP contribution >= 0.6 is 31.9 Å². The molecule has 0 saturated carbocycles. The SMILES string of the molecule is CCCC(CBr)(CCC)COc1ccc(Br)c(F)c1. The molecule has 0 aromatic heterocycles. The molecule has 0 spiro atoms. The van der Waals surface area contributed by atoms with Crippen LogP contribution in [0.1, 0.15) is 39.5 Å². The Balaban J connectivity index is 2.71. The highest BCUT2D eigenvalue weighted by atomic mass is 79.9. The fraction of sp³-hybridized carbons (Fsp3) is 0.600. The number of hydrogen-bond acceptors (Lipinski definition) is 1. The van der Waals surface area contributed by atoms with E-state index in [0.717, 1.165) is 31.0 Å². The summed E-state index contributed by atoms with van der Waals surface area (Å²) in [6, 6.07) is 4.91. The van der Waals surface area contributed by atoms with Crippen molar-refractivity contribution in [1.82, 2.24) is 0 Å². The van der Waals surface area contributed by atoms with Crippen LogP contribution in [0.15, 0.2) is 22.7 Å². The standard InChI is InChI=1S/C15H21Br2FO/c1-3-7-15(10-16,8-4-2)11-19-12-5-6-13(17)14(18)9-12/h5-6,9H,3-4,7-8,10-11H2,1-2H3. The molecule has 1 aromatic carbocycles. The van der Waals surface area contributed by atoms with E-state index in [4.69, 9.17) is 4.74 Å². The van der Waals surface area contributed by atoms with Gasteiger partial charge in [-0.15, -0.1) is 0 Å². The Morgan fingerprint density at radius 2 is 1.84 bits per heavy atom. The summed E-state index contributed by atoms with van der Waals surface area (Å²) in [7, 11) is 0. The van der Waals surface area contributed by atoms with Crippen molar-refractivity contribution >= 4 is 31.9 Å². The van der Waals surface area contributed by atoms with Gasteiger partial charge in [0.15, 0.2) is 0 Å². The van der Waals surface area contributed by atoms with Crippen molar-refractivity contribution in [3.8, 4) is 5.75 Å². The van der Waals surface area contributed by atoms with Crippen molar-refractivity contribution in [2.75, 3.05) is 11.9 Å². The molecule has 0 aliphatic heterocycles. The van der Waals surface area contributed by atoms with Crippen molar-refractivity contribution in [2.45, 2.75) is 39.5 Å². The Hall–Kier alpha value is -0.0900. The van der Waals surface area contributed by atoms with E-state index in [9.17, 15) is 4.39 Å². The predicted molar refractivity (Wildman–Crippen MR) is 85.6 cm³/mol. The van der Waals surface area contributed by atoms with Gasteiger partial charge in [0.2, 0.25) is 0 Å². The van der Waals surface area contributed by atoms with Gasteiger partial charge in [0, 0.05) is 16.8 Å². The Morgan fingerprint density at radius 1 is 1.21 bits per heavy atom. The van der Waals surface area contributed by atoms with E-state index in [2.05, 4.69) is 45.7 Å². The molecule has 1 aromatic rings. The first-order valence-electron chi connectivity index (χ1n) is 6.70. The van der Waals surface area contributed by atoms with Crippen molar-refractivity contribution in [3.05, 3.63) is 28.5 Å². The number of benzene rings is 1. The van der Waals surface area contributed by atoms with Gasteiger partial charge in [0.25, 0.3) is 0 Å². The van der Waals surface area contributed by atoms with E-state index < -0.39 is 0 Å². The number of hydrogen-bond donors (Lipinski definition) is 0. The summed E-state index contributed by atoms with van der Waals surface area (Å²) in [5.74, 6) is 0.311. The lowest BCUT2D eigenvalue weighted by Gasteiger charge is -2.31. The largest absolute Gasteiger partial charge is 0.493 e. The summed E-state index contributed by atoms with van der Waals surface area (Å²) in [6.07, 6.45) is 4.49. The molecule has 0 unspecified atom stereocenters. The van der Waals surface area contributed by atoms with E-state index in [-0.39, 0.29) is 11.2 Å². The number of rotatable bonds is 8. The molecule has 0 saturated heterocycles. The van der Waals surface area contributed by atoms with Crippen LogP contribution in [0.5, 0.6) is 5.75 Å². The van der Waals surface area contributed by atoms with Crippen LogP contribution in [0.2, 0.25) is 0 Å². The predicted octanol–water partition coefficient (Wildman–Crippen LogP) is 5.95. The third-order valence-electron chi connectivity index (χ3n) is 3.28. The van der Waals surface area contributed by atoms with Gasteiger partial charge >= 0.3 is 0 Å². The second kappa shape index (κ2) is 8.25. The van der Waals surface area contributed by atoms with Gasteiger partial charge in [0.1, 0.15) is 11.6 Å². The highest BCUT2D eigenvalue weighted by Crippen LogP contribution is 2.33. The maximum Gasteiger partial charge on any atom is 0.141 e. The molecule has 0 heterocycles. The molecule has 0 N–H and O–H groups in total. The van der Waals surface area contributed by atoms with Crippen molar-refractivity contribution in [1.29, 1.82) is 0 Å². The molecule has 1 nitrogen and oxygen atoms in total. The second-order valence-corrected chi connectivity index (χ2v) is 6.41. The lowest BCUT2D eigenvalue weighted by atomic mass is 9.82. The smallest absolute Gasteiger partial charge is 0.141 e. The zero-order chi connectivity index (χ0) is 14.3. The fourth-order valence-corrected chi connectivity index (χ4v) is 3.27. The van der Waals surface area contributed by atoms with Gasteiger partial charge in [0.05, 0.1) is 11.1 Å². The monoisotopic (exact) mass is 394 g/mol. The molecular weight excluding hydrogens is 375 g/mol. The minimum atomic E-state index is -0.284. The number of alkyl halides is 1. The van der Waals surface area contributed by atoms with E-state index in [0.29, 0.717) is 16.8 Å². The van der Waals surface area contributed by atoms with Crippen LogP contribution in [0.3, 0.4) is 0 Å². The van der Waals surface area contributed by atoms with Gasteiger partial charge in [-0.05, 0) is 40.9 Å². The third kappa shape index (κ3) is 5.07. The minimum Gasteiger partial charge on any atom is -0.493 e. The summed E-state index contributed by atoms with van der Waals surface area (Å²) < 4.78 is 19.7. The highest BCUT2D eigenvalue weighted by Gasteiger charge is 2.28. The first kappa shape index (κ1) is 17.0. The van der Waals surface area contributed by atoms with Gasteiger partial charge in [-0.1, -0.05) is 42.6 Å². The fourth-order valence-electron chi connectivity index (χ4n) is 2.31. The maximum atomic E-state index is 13.4. The summed E-state index contributed by atoms with van der Waals surface area (Å²) in [4.78, 5) is 0. The molecule has 1 rings (SSSR count). The van der Waals surface area contributed by atoms with Crippen molar-refractivity contribution in [3.63, 3.8) is 0 Å². The van der Waals surface area contributed by atoms with E-state index >= 15 is 0 Å². The Bertz CT molecular complexity index is 390. The molecule has 0 amide bonds. The topological polar surface area (TPSA) is 9.23 Å². The van der Waals surface area contributed by atoms with Crippen LogP contribution in [-0.2, 0) is 0 Å². The van der Waals surface area contributed by atoms with Gasteiger partial charge in [-0.2, -0.15) is 0 Å². The summed E-state index contributed by atoms with van der Waals surface area (Å²) >= 11 is 6.76. The first-order valence-corrected chi connectivity index (χ1v) is 8.62. The zero-order valence-electron chi connectivity index (χ0n) is 11.5. The first-order chi connectivity index (χ1) is 9.06. The van der Waals surface area contributed by atoms with Crippen LogP contribution in [0, 0.1) is 11.2 Å². The van der Waals surface area contributed by atoms with E-state index in [1.807, 2.05) is 0 Å². The minimum absolute atomic E-state index is 0.146. The second-order valence-electron chi connectivity index (χ2n) is 5.00. The molecule has 0 bridgehead atoms. The molecule has 0 aliphatic rings. The van der Waals surface area contributed by atoms with Gasteiger partial charge in [-0.3, -0.25) is 0 Å². The van der Waals surface area contributed by atoms with E-state index in [1.54, 1.807) is 12.1 Å². The van der Waals surface area contributed by atoms with Crippen molar-refractivity contribution in [2.24, 2.45) is 5.41 Å². The average molecular weight is 396 g/mol. The summed E-state index contributed by atoms with van der Waals surface area (Å²) in [5.41, 5.74) is 0.146. The van der Waals surface area contributed by atoms with Crippen molar-refractivity contribution < 1.29 is 9.13 Å². The number of ether oxygens (including phenoxy) is 1. The zero-order valence-corrected chi connectivity index (χ0v) is 14.7. The molecule has 108 valence electrons. The van der Waals surface area contributed by atoms with Gasteiger partial charge in [-0.25, -0.2) is 4.39 Å². The van der Waals surface area contributed by atoms with E-state index in [1.165, 1.54) is 6.07 Å². The lowest BCUT2D eigenvalue weighted by Crippen LogP contribution is -2.30. The normalized spacial score (nSPS) is 11.6. The van der Waals surface area contributed by atoms with Crippen LogP contribution in [0.25, 0.3) is 0 Å². The maximum absolute atomic E-state index is 13.4. The molecule has 19 heavy (non-hydrogen) atoms. The highest BCUT2D eigenvalue weighted by molar-refractivity contribution is 9.10. The quantitative estimate of drug-likeness (QED) is 0.494. The van der Waals surface area contributed by atoms with Crippen LogP contribution in [0.4, 0.5) is 4.39 Å². The Labute approximate surface area is 132 Å². The Kier molecular flexibility index (Phi) is 7.37. The summed E-state index contributed by atoms with van der Waals surface area (Å²) in [5, 5.41) is 0.917. The molecule has 0 fully saturated rings. The van der Waals surface area contributed by atoms with Gasteiger partial charge < -0.3 is 4.74 Å². The average Bonchev–Trinajstić information content (AvgIpc) is 2.40. The number of halogens is 3. The van der Waals surface area contributed by atoms with Crippen LogP contribution < -0.4 is 4.74 Å². The molecule has 0 atom stereocenters. The molecule has 0 aliphatic carbocycles. The lowest BCUT2D eigenvalue weighted by molar-refractivity contribution is 0.144. The molecule has 4 heteroatoms. The molecular formula is C15H21Br2FO. The van der Waals surface area contributed by atoms with Crippen LogP contribution in [-0.4, -0.2) is 11.9 Å². The summed E-state index contributed by atoms with van der Waals surface area (Å²) in [6.45, 7) is 5.00. The molecule has 0 radical (unpaired) electrons.